The summed E-state index contributed by atoms with van der Waals surface area (Å²) in [5.41, 5.74) is 6.76. The maximum atomic E-state index is 12.9. The lowest BCUT2D eigenvalue weighted by molar-refractivity contribution is -0.162. The maximum absolute atomic E-state index is 12.9. The second kappa shape index (κ2) is 20.5. The number of carbonyl (C=O) groups excluding carboxylic acids is 5. The molecular formula is C40H44N4O10. The molecule has 5 rings (SSSR count). The summed E-state index contributed by atoms with van der Waals surface area (Å²) in [4.78, 5) is 61.2. The number of amides is 4. The van der Waals surface area contributed by atoms with E-state index in [-0.39, 0.29) is 39.4 Å². The highest BCUT2D eigenvalue weighted by Crippen LogP contribution is 2.25. The molecule has 1 saturated heterocycles. The number of hydrogen-bond acceptors (Lipinski definition) is 10. The van der Waals surface area contributed by atoms with E-state index in [1.54, 1.807) is 20.8 Å². The first-order chi connectivity index (χ1) is 26.0. The molecule has 14 heteroatoms. The Bertz CT molecular complexity index is 1730. The van der Waals surface area contributed by atoms with Gasteiger partial charge in [0.25, 0.3) is 0 Å². The summed E-state index contributed by atoms with van der Waals surface area (Å²) in [6, 6.07) is 35.8. The molecule has 0 radical (unpaired) electrons. The van der Waals surface area contributed by atoms with Crippen LogP contribution >= 0.6 is 0 Å². The summed E-state index contributed by atoms with van der Waals surface area (Å²) < 4.78 is 26.1. The largest absolute Gasteiger partial charge is 0.458 e. The average Bonchev–Trinajstić information content (AvgIpc) is 3.64. The normalized spacial score (nSPS) is 13.4. The van der Waals surface area contributed by atoms with Gasteiger partial charge in [-0.25, -0.2) is 39.8 Å². The van der Waals surface area contributed by atoms with Crippen molar-refractivity contribution < 1.29 is 47.7 Å². The van der Waals surface area contributed by atoms with Crippen LogP contribution in [0.3, 0.4) is 0 Å². The zero-order chi connectivity index (χ0) is 38.8. The van der Waals surface area contributed by atoms with Crippen molar-refractivity contribution >= 4 is 30.3 Å². The van der Waals surface area contributed by atoms with Crippen molar-refractivity contribution in [2.45, 2.75) is 65.3 Å². The minimum Gasteiger partial charge on any atom is -0.458 e. The molecule has 1 heterocycles. The SMILES string of the molecule is CC(C)(C)OC(=O)C1CCN(C(=O)OCc2ccccc2)N1C(=O)OCc1ccccc1.O=C(NNC(=O)OCc1ccccc1)OCc1ccccc1. The van der Waals surface area contributed by atoms with Crippen molar-refractivity contribution in [3.8, 4) is 0 Å². The third-order valence-electron chi connectivity index (χ3n) is 7.35. The number of carbonyl (C=O) groups is 5. The van der Waals surface area contributed by atoms with Crippen LogP contribution in [-0.4, -0.2) is 58.5 Å². The molecule has 0 aliphatic carbocycles. The molecule has 1 fully saturated rings. The first kappa shape index (κ1) is 40.2. The molecule has 14 nitrogen and oxygen atoms in total. The van der Waals surface area contributed by atoms with Crippen molar-refractivity contribution in [3.63, 3.8) is 0 Å². The third-order valence-corrected chi connectivity index (χ3v) is 7.35. The van der Waals surface area contributed by atoms with Gasteiger partial charge in [0.05, 0.1) is 0 Å². The van der Waals surface area contributed by atoms with Crippen molar-refractivity contribution in [2.75, 3.05) is 6.54 Å². The van der Waals surface area contributed by atoms with Crippen molar-refractivity contribution in [1.82, 2.24) is 20.9 Å². The molecule has 1 aliphatic rings. The van der Waals surface area contributed by atoms with Crippen LogP contribution in [0.1, 0.15) is 49.4 Å². The van der Waals surface area contributed by atoms with Gasteiger partial charge in [-0.3, -0.25) is 0 Å². The topological polar surface area (TPSA) is 162 Å². The second-order valence-electron chi connectivity index (χ2n) is 12.8. The Balaban J connectivity index is 0.000000258. The van der Waals surface area contributed by atoms with Crippen LogP contribution in [0.4, 0.5) is 19.2 Å². The fraction of sp³-hybridized carbons (Fsp3) is 0.275. The van der Waals surface area contributed by atoms with Gasteiger partial charge in [0.1, 0.15) is 32.0 Å². The predicted octanol–water partition coefficient (Wildman–Crippen LogP) is 7.05. The Hall–Kier alpha value is -6.57. The minimum absolute atomic E-state index is 0.00408. The molecule has 54 heavy (non-hydrogen) atoms. The summed E-state index contributed by atoms with van der Waals surface area (Å²) in [5, 5.41) is 2.11. The van der Waals surface area contributed by atoms with E-state index in [0.717, 1.165) is 32.3 Å². The average molecular weight is 741 g/mol. The van der Waals surface area contributed by atoms with Gasteiger partial charge in [-0.15, -0.1) is 0 Å². The second-order valence-corrected chi connectivity index (χ2v) is 12.8. The number of hydrogen-bond donors (Lipinski definition) is 2. The molecule has 4 aromatic rings. The lowest BCUT2D eigenvalue weighted by Crippen LogP contribution is -2.52. The minimum atomic E-state index is -0.984. The van der Waals surface area contributed by atoms with Gasteiger partial charge in [0.15, 0.2) is 6.04 Å². The van der Waals surface area contributed by atoms with E-state index in [4.69, 9.17) is 23.7 Å². The van der Waals surface area contributed by atoms with E-state index >= 15 is 0 Å². The molecule has 0 saturated carbocycles. The van der Waals surface area contributed by atoms with Crippen LogP contribution in [0.25, 0.3) is 0 Å². The summed E-state index contributed by atoms with van der Waals surface area (Å²) in [6.07, 6.45) is -2.87. The smallest absolute Gasteiger partial charge is 0.430 e. The lowest BCUT2D eigenvalue weighted by Gasteiger charge is -2.31. The number of nitrogens with zero attached hydrogens (tertiary/aromatic N) is 2. The van der Waals surface area contributed by atoms with Gasteiger partial charge in [-0.05, 0) is 43.0 Å². The number of ether oxygens (including phenoxy) is 5. The predicted molar refractivity (Wildman–Crippen MR) is 196 cm³/mol. The summed E-state index contributed by atoms with van der Waals surface area (Å²) in [6.45, 7) is 5.63. The molecule has 0 aromatic heterocycles. The number of rotatable bonds is 9. The van der Waals surface area contributed by atoms with Gasteiger partial charge in [0, 0.05) is 13.0 Å². The molecule has 1 atom stereocenters. The quantitative estimate of drug-likeness (QED) is 0.103. The Morgan fingerprint density at radius 2 is 0.907 bits per heavy atom. The van der Waals surface area contributed by atoms with Crippen LogP contribution in [0.2, 0.25) is 0 Å². The van der Waals surface area contributed by atoms with E-state index in [1.807, 2.05) is 121 Å². The Labute approximate surface area is 313 Å². The molecule has 1 unspecified atom stereocenters. The first-order valence-electron chi connectivity index (χ1n) is 17.1. The maximum Gasteiger partial charge on any atom is 0.430 e. The summed E-state index contributed by atoms with van der Waals surface area (Å²) in [7, 11) is 0. The molecular weight excluding hydrogens is 696 g/mol. The Morgan fingerprint density at radius 1 is 0.556 bits per heavy atom. The highest BCUT2D eigenvalue weighted by atomic mass is 16.6. The van der Waals surface area contributed by atoms with Gasteiger partial charge in [-0.1, -0.05) is 121 Å². The Morgan fingerprint density at radius 3 is 1.28 bits per heavy atom. The van der Waals surface area contributed by atoms with Gasteiger partial charge >= 0.3 is 30.3 Å². The highest BCUT2D eigenvalue weighted by molar-refractivity contribution is 5.84. The molecule has 4 aromatic carbocycles. The number of esters is 1. The first-order valence-corrected chi connectivity index (χ1v) is 17.1. The standard InChI is InChI=1S/C24H28N2O6.C16H16N2O4/c1-24(2,3)32-21(27)20-14-15-25(22(28)30-16-18-10-6-4-7-11-18)26(20)23(29)31-17-19-12-8-5-9-13-19;19-15(21-11-13-7-3-1-4-8-13)17-18-16(20)22-12-14-9-5-2-6-10-14/h4-13,20H,14-17H2,1-3H3;1-10H,11-12H2,(H,17,19)(H,18,20). The molecule has 1 aliphatic heterocycles. The summed E-state index contributed by atoms with van der Waals surface area (Å²) >= 11 is 0. The molecule has 0 spiro atoms. The van der Waals surface area contributed by atoms with E-state index in [9.17, 15) is 24.0 Å². The third kappa shape index (κ3) is 13.9. The zero-order valence-corrected chi connectivity index (χ0v) is 30.3. The van der Waals surface area contributed by atoms with Crippen LogP contribution in [0.15, 0.2) is 121 Å². The highest BCUT2D eigenvalue weighted by Gasteiger charge is 2.46. The Kier molecular flexibility index (Phi) is 15.2. The van der Waals surface area contributed by atoms with Crippen molar-refractivity contribution in [1.29, 1.82) is 0 Å². The van der Waals surface area contributed by atoms with E-state index in [0.29, 0.717) is 0 Å². The molecule has 2 N–H and O–H groups in total. The molecule has 4 amide bonds. The van der Waals surface area contributed by atoms with Crippen LogP contribution < -0.4 is 10.9 Å². The fourth-order valence-corrected chi connectivity index (χ4v) is 4.84. The van der Waals surface area contributed by atoms with Gasteiger partial charge < -0.3 is 23.7 Å². The van der Waals surface area contributed by atoms with E-state index < -0.39 is 42.0 Å². The lowest BCUT2D eigenvalue weighted by atomic mass is 10.1. The molecule has 284 valence electrons. The van der Waals surface area contributed by atoms with E-state index in [2.05, 4.69) is 10.9 Å². The van der Waals surface area contributed by atoms with Crippen LogP contribution in [0.5, 0.6) is 0 Å². The number of benzene rings is 4. The van der Waals surface area contributed by atoms with Crippen molar-refractivity contribution in [2.24, 2.45) is 0 Å². The number of nitrogens with one attached hydrogen (secondary N) is 2. The fourth-order valence-electron chi connectivity index (χ4n) is 4.84. The van der Waals surface area contributed by atoms with Crippen molar-refractivity contribution in [3.05, 3.63) is 144 Å². The van der Waals surface area contributed by atoms with Gasteiger partial charge in [0.2, 0.25) is 0 Å². The van der Waals surface area contributed by atoms with Crippen LogP contribution in [0, 0.1) is 0 Å². The van der Waals surface area contributed by atoms with E-state index in [1.165, 1.54) is 0 Å². The monoisotopic (exact) mass is 740 g/mol. The number of hydrazine groups is 2. The van der Waals surface area contributed by atoms with Crippen LogP contribution in [-0.2, 0) is 54.9 Å². The summed E-state index contributed by atoms with van der Waals surface area (Å²) in [5.74, 6) is -0.604. The zero-order valence-electron chi connectivity index (χ0n) is 30.3. The molecule has 0 bridgehead atoms. The van der Waals surface area contributed by atoms with Gasteiger partial charge in [-0.2, -0.15) is 5.01 Å².